The normalized spacial score (nSPS) is 15.8. The molecule has 8 nitrogen and oxygen atoms in total. The zero-order valence-electron chi connectivity index (χ0n) is 18.0. The summed E-state index contributed by atoms with van der Waals surface area (Å²) in [5, 5.41) is 8.17. The number of rotatable bonds is 9. The minimum absolute atomic E-state index is 0.187. The molecule has 1 unspecified atom stereocenters. The number of amides is 2. The van der Waals surface area contributed by atoms with E-state index in [2.05, 4.69) is 15.6 Å². The van der Waals surface area contributed by atoms with Crippen LogP contribution in [0.1, 0.15) is 35.7 Å². The molecule has 3 heterocycles. The van der Waals surface area contributed by atoms with Gasteiger partial charge in [-0.1, -0.05) is 18.2 Å². The highest BCUT2D eigenvalue weighted by Gasteiger charge is 2.34. The largest absolute Gasteiger partial charge is 0.463 e. The van der Waals surface area contributed by atoms with Crippen molar-refractivity contribution in [2.75, 3.05) is 13.2 Å². The van der Waals surface area contributed by atoms with Crippen LogP contribution in [-0.4, -0.2) is 36.2 Å². The summed E-state index contributed by atoms with van der Waals surface area (Å²) in [5.74, 6) is -0.974. The van der Waals surface area contributed by atoms with Crippen LogP contribution in [0, 0.1) is 0 Å². The molecule has 0 aliphatic carbocycles. The molecule has 2 amide bonds. The Morgan fingerprint density at radius 1 is 1.15 bits per heavy atom. The molecule has 2 N–H and O–H groups in total. The van der Waals surface area contributed by atoms with Crippen LogP contribution in [0.15, 0.2) is 53.0 Å². The molecule has 0 radical (unpaired) electrons. The zero-order valence-corrected chi connectivity index (χ0v) is 19.6. The molecular formula is C23H23N3O5S2. The highest BCUT2D eigenvalue weighted by atomic mass is 32.1. The molecule has 1 aromatic carbocycles. The minimum Gasteiger partial charge on any atom is -0.463 e. The van der Waals surface area contributed by atoms with Crippen molar-refractivity contribution >= 4 is 50.9 Å². The number of hydrogen-bond donors (Lipinski definition) is 2. The van der Waals surface area contributed by atoms with E-state index in [1.807, 2.05) is 41.8 Å². The lowest BCUT2D eigenvalue weighted by Gasteiger charge is -2.28. The van der Waals surface area contributed by atoms with Crippen LogP contribution in [0.4, 0.5) is 4.79 Å². The Hall–Kier alpha value is -3.24. The molecule has 1 aliphatic rings. The highest BCUT2D eigenvalue weighted by Crippen LogP contribution is 2.30. The standard InChI is InChI=1S/C23H23N3O5S2/c1-2-30-22(28)20-15(25-23(29)26-21(20)17-9-6-12-32-17)13-31-19(27)11-5-10-18-24-14-7-3-4-8-16(14)33-18/h3-4,6-9,12,21H,2,5,10-11,13H2,1H3,(H2,25,26,29). The number of fused-ring (bicyclic) bond motifs is 1. The van der Waals surface area contributed by atoms with E-state index in [-0.39, 0.29) is 30.9 Å². The Labute approximate surface area is 198 Å². The smallest absolute Gasteiger partial charge is 0.338 e. The number of para-hydroxylation sites is 1. The summed E-state index contributed by atoms with van der Waals surface area (Å²) in [4.78, 5) is 42.6. The molecule has 0 saturated heterocycles. The lowest BCUT2D eigenvalue weighted by molar-refractivity contribution is -0.143. The maximum absolute atomic E-state index is 12.7. The van der Waals surface area contributed by atoms with Gasteiger partial charge in [0.15, 0.2) is 0 Å². The molecule has 33 heavy (non-hydrogen) atoms. The molecule has 10 heteroatoms. The molecule has 3 aromatic rings. The predicted octanol–water partition coefficient (Wildman–Crippen LogP) is 4.10. The lowest BCUT2D eigenvalue weighted by atomic mass is 10.0. The minimum atomic E-state index is -0.662. The molecule has 4 rings (SSSR count). The molecule has 1 atom stereocenters. The van der Waals surface area contributed by atoms with Crippen LogP contribution >= 0.6 is 22.7 Å². The summed E-state index contributed by atoms with van der Waals surface area (Å²) in [6.07, 6.45) is 1.47. The third kappa shape index (κ3) is 5.58. The number of aromatic nitrogens is 1. The van der Waals surface area contributed by atoms with Crippen LogP contribution in [0.5, 0.6) is 0 Å². The van der Waals surface area contributed by atoms with E-state index in [0.29, 0.717) is 12.8 Å². The maximum atomic E-state index is 12.7. The van der Waals surface area contributed by atoms with Crippen LogP contribution in [0.3, 0.4) is 0 Å². The SMILES string of the molecule is CCOC(=O)C1=C(COC(=O)CCCc2nc3ccccc3s2)NC(=O)NC1c1cccs1. The number of urea groups is 1. The third-order valence-electron chi connectivity index (χ3n) is 4.96. The van der Waals surface area contributed by atoms with Gasteiger partial charge >= 0.3 is 18.0 Å². The molecular weight excluding hydrogens is 462 g/mol. The van der Waals surface area contributed by atoms with E-state index in [9.17, 15) is 14.4 Å². The average Bonchev–Trinajstić information content (AvgIpc) is 3.47. The second-order valence-electron chi connectivity index (χ2n) is 7.25. The van der Waals surface area contributed by atoms with Gasteiger partial charge in [0.1, 0.15) is 6.61 Å². The zero-order chi connectivity index (χ0) is 23.2. The van der Waals surface area contributed by atoms with Gasteiger partial charge < -0.3 is 20.1 Å². The van der Waals surface area contributed by atoms with Crippen molar-refractivity contribution in [1.82, 2.24) is 15.6 Å². The van der Waals surface area contributed by atoms with Crippen molar-refractivity contribution in [1.29, 1.82) is 0 Å². The van der Waals surface area contributed by atoms with Gasteiger partial charge in [-0.25, -0.2) is 14.6 Å². The average molecular weight is 486 g/mol. The molecule has 172 valence electrons. The molecule has 0 spiro atoms. The number of aryl methyl sites for hydroxylation is 1. The fraction of sp³-hybridized carbons (Fsp3) is 0.304. The van der Waals surface area contributed by atoms with Gasteiger partial charge in [0.05, 0.1) is 39.1 Å². The van der Waals surface area contributed by atoms with Crippen LogP contribution in [0.25, 0.3) is 10.2 Å². The number of hydrogen-bond acceptors (Lipinski definition) is 8. The Kier molecular flexibility index (Phi) is 7.36. The van der Waals surface area contributed by atoms with Gasteiger partial charge in [-0.15, -0.1) is 22.7 Å². The van der Waals surface area contributed by atoms with E-state index in [1.54, 1.807) is 18.3 Å². The number of carbonyl (C=O) groups excluding carboxylic acids is 3. The Morgan fingerprint density at radius 3 is 2.76 bits per heavy atom. The van der Waals surface area contributed by atoms with Crippen molar-refractivity contribution < 1.29 is 23.9 Å². The summed E-state index contributed by atoms with van der Waals surface area (Å²) < 4.78 is 11.7. The number of ether oxygens (including phenoxy) is 2. The van der Waals surface area contributed by atoms with Gasteiger partial charge in [-0.2, -0.15) is 0 Å². The summed E-state index contributed by atoms with van der Waals surface area (Å²) in [6, 6.07) is 10.4. The molecule has 0 bridgehead atoms. The summed E-state index contributed by atoms with van der Waals surface area (Å²) in [6.45, 7) is 1.67. The topological polar surface area (TPSA) is 107 Å². The fourth-order valence-electron chi connectivity index (χ4n) is 3.49. The second kappa shape index (κ2) is 10.6. The van der Waals surface area contributed by atoms with Crippen molar-refractivity contribution in [3.05, 3.63) is 62.9 Å². The number of thiophene rings is 1. The van der Waals surface area contributed by atoms with Crippen molar-refractivity contribution in [3.63, 3.8) is 0 Å². The van der Waals surface area contributed by atoms with Crippen molar-refractivity contribution in [2.45, 2.75) is 32.2 Å². The van der Waals surface area contributed by atoms with E-state index in [4.69, 9.17) is 9.47 Å². The van der Waals surface area contributed by atoms with Crippen molar-refractivity contribution in [3.8, 4) is 0 Å². The number of carbonyl (C=O) groups is 3. The monoisotopic (exact) mass is 485 g/mol. The predicted molar refractivity (Wildman–Crippen MR) is 126 cm³/mol. The van der Waals surface area contributed by atoms with Crippen LogP contribution < -0.4 is 10.6 Å². The Bertz CT molecular complexity index is 1150. The third-order valence-corrected chi connectivity index (χ3v) is 7.00. The first kappa shape index (κ1) is 22.9. The number of nitrogens with zero attached hydrogens (tertiary/aromatic N) is 1. The van der Waals surface area contributed by atoms with Gasteiger partial charge in [-0.3, -0.25) is 4.79 Å². The first-order valence-corrected chi connectivity index (χ1v) is 12.3. The van der Waals surface area contributed by atoms with Crippen molar-refractivity contribution in [2.24, 2.45) is 0 Å². The Morgan fingerprint density at radius 2 is 2.00 bits per heavy atom. The summed E-state index contributed by atoms with van der Waals surface area (Å²) in [7, 11) is 0. The number of nitrogens with one attached hydrogen (secondary N) is 2. The maximum Gasteiger partial charge on any atom is 0.338 e. The second-order valence-corrected chi connectivity index (χ2v) is 9.34. The molecule has 2 aromatic heterocycles. The number of thiazole rings is 1. The Balaban J connectivity index is 1.39. The van der Waals surface area contributed by atoms with E-state index in [1.165, 1.54) is 11.3 Å². The molecule has 1 aliphatic heterocycles. The molecule has 0 saturated carbocycles. The van der Waals surface area contributed by atoms with Gasteiger partial charge in [0, 0.05) is 11.3 Å². The van der Waals surface area contributed by atoms with Crippen LogP contribution in [0.2, 0.25) is 0 Å². The number of benzene rings is 1. The van der Waals surface area contributed by atoms with E-state index < -0.39 is 24.0 Å². The highest BCUT2D eigenvalue weighted by molar-refractivity contribution is 7.18. The van der Waals surface area contributed by atoms with Gasteiger partial charge in [0.25, 0.3) is 0 Å². The van der Waals surface area contributed by atoms with Gasteiger partial charge in [-0.05, 0) is 43.3 Å². The van der Waals surface area contributed by atoms with E-state index in [0.717, 1.165) is 20.1 Å². The molecule has 0 fully saturated rings. The van der Waals surface area contributed by atoms with Gasteiger partial charge in [0.2, 0.25) is 0 Å². The fourth-order valence-corrected chi connectivity index (χ4v) is 5.28. The number of esters is 2. The quantitative estimate of drug-likeness (QED) is 0.442. The summed E-state index contributed by atoms with van der Waals surface area (Å²) in [5.41, 5.74) is 1.43. The lowest BCUT2D eigenvalue weighted by Crippen LogP contribution is -2.46. The summed E-state index contributed by atoms with van der Waals surface area (Å²) >= 11 is 3.03. The van der Waals surface area contributed by atoms with E-state index >= 15 is 0 Å². The van der Waals surface area contributed by atoms with Crippen LogP contribution in [-0.2, 0) is 25.5 Å². The first-order chi connectivity index (χ1) is 16.0. The first-order valence-electron chi connectivity index (χ1n) is 10.6.